The van der Waals surface area contributed by atoms with Crippen LogP contribution in [0.5, 0.6) is 0 Å². The number of allylic oxidation sites excluding steroid dienone is 2. The lowest BCUT2D eigenvalue weighted by Crippen LogP contribution is -2.41. The molecule has 0 saturated carbocycles. The van der Waals surface area contributed by atoms with Gasteiger partial charge in [0.15, 0.2) is 0 Å². The van der Waals surface area contributed by atoms with Crippen LogP contribution >= 0.6 is 0 Å². The third kappa shape index (κ3) is 5.51. The Balaban J connectivity index is 1.71. The lowest BCUT2D eigenvalue weighted by molar-refractivity contribution is -0.128. The van der Waals surface area contributed by atoms with Crippen LogP contribution in [0.2, 0.25) is 0 Å². The third-order valence-electron chi connectivity index (χ3n) is 4.05. The van der Waals surface area contributed by atoms with Gasteiger partial charge in [0.25, 0.3) is 0 Å². The number of carbonyl (C=O) groups excluding carboxylic acids is 1. The molecule has 1 heterocycles. The van der Waals surface area contributed by atoms with E-state index in [0.29, 0.717) is 11.8 Å². The molecule has 1 aromatic carbocycles. The molecule has 1 fully saturated rings. The van der Waals surface area contributed by atoms with Crippen LogP contribution in [0, 0.1) is 11.8 Å². The molecule has 1 aliphatic heterocycles. The molecule has 1 saturated heterocycles. The molecule has 0 radical (unpaired) electrons. The van der Waals surface area contributed by atoms with E-state index < -0.39 is 0 Å². The Morgan fingerprint density at radius 3 is 2.41 bits per heavy atom. The number of rotatable bonds is 5. The Morgan fingerprint density at radius 1 is 1.09 bits per heavy atom. The lowest BCUT2D eigenvalue weighted by Gasteiger charge is -2.34. The predicted octanol–water partition coefficient (Wildman–Crippen LogP) is 4.54. The summed E-state index contributed by atoms with van der Waals surface area (Å²) in [5, 5.41) is 0. The summed E-state index contributed by atoms with van der Waals surface area (Å²) in [6.45, 7) is 6.27. The Bertz CT molecular complexity index is 508. The fraction of sp³-hybridized carbons (Fsp3) is 0.450. The number of nitrogens with zero attached hydrogens (tertiary/aromatic N) is 1. The highest BCUT2D eigenvalue weighted by molar-refractivity contribution is 5.87. The third-order valence-corrected chi connectivity index (χ3v) is 4.05. The molecule has 1 amide bonds. The van der Waals surface area contributed by atoms with Crippen molar-refractivity contribution in [3.05, 3.63) is 54.1 Å². The van der Waals surface area contributed by atoms with Crippen molar-refractivity contribution < 1.29 is 4.79 Å². The van der Waals surface area contributed by atoms with E-state index in [2.05, 4.69) is 38.1 Å². The molecule has 2 atom stereocenters. The minimum Gasteiger partial charge on any atom is -0.339 e. The summed E-state index contributed by atoms with van der Waals surface area (Å²) >= 11 is 0. The SMILES string of the molecule is CC1CC(C)CN(C(=O)C=CCCC=Cc2ccccc2)C1. The van der Waals surface area contributed by atoms with Gasteiger partial charge in [0.2, 0.25) is 5.91 Å². The summed E-state index contributed by atoms with van der Waals surface area (Å²) in [6.07, 6.45) is 11.2. The van der Waals surface area contributed by atoms with Gasteiger partial charge in [-0.05, 0) is 42.7 Å². The van der Waals surface area contributed by atoms with Crippen LogP contribution in [0.15, 0.2) is 48.6 Å². The Labute approximate surface area is 134 Å². The first-order chi connectivity index (χ1) is 10.6. The van der Waals surface area contributed by atoms with E-state index >= 15 is 0 Å². The van der Waals surface area contributed by atoms with Gasteiger partial charge < -0.3 is 4.90 Å². The van der Waals surface area contributed by atoms with E-state index in [1.54, 1.807) is 6.08 Å². The number of amides is 1. The molecule has 0 N–H and O–H groups in total. The Hall–Kier alpha value is -1.83. The van der Waals surface area contributed by atoms with Crippen LogP contribution in [-0.4, -0.2) is 23.9 Å². The largest absolute Gasteiger partial charge is 0.339 e. The highest BCUT2D eigenvalue weighted by atomic mass is 16.2. The molecule has 1 aromatic rings. The van der Waals surface area contributed by atoms with E-state index in [0.717, 1.165) is 25.9 Å². The van der Waals surface area contributed by atoms with Crippen molar-refractivity contribution in [3.63, 3.8) is 0 Å². The average molecular weight is 297 g/mol. The monoisotopic (exact) mass is 297 g/mol. The normalized spacial score (nSPS) is 22.5. The van der Waals surface area contributed by atoms with Crippen molar-refractivity contribution in [1.82, 2.24) is 4.90 Å². The number of hydrogen-bond donors (Lipinski definition) is 0. The second kappa shape index (κ2) is 8.57. The number of likely N-dealkylation sites (tertiary alicyclic amines) is 1. The summed E-state index contributed by atoms with van der Waals surface area (Å²) < 4.78 is 0. The molecule has 2 nitrogen and oxygen atoms in total. The van der Waals surface area contributed by atoms with Crippen molar-refractivity contribution in [2.24, 2.45) is 11.8 Å². The van der Waals surface area contributed by atoms with Gasteiger partial charge in [-0.2, -0.15) is 0 Å². The molecule has 2 unspecified atom stereocenters. The van der Waals surface area contributed by atoms with Gasteiger partial charge in [-0.15, -0.1) is 0 Å². The number of unbranched alkanes of at least 4 members (excludes halogenated alkanes) is 1. The number of benzene rings is 1. The van der Waals surface area contributed by atoms with Crippen LogP contribution in [0.4, 0.5) is 0 Å². The summed E-state index contributed by atoms with van der Waals surface area (Å²) in [5.74, 6) is 1.41. The van der Waals surface area contributed by atoms with E-state index in [-0.39, 0.29) is 5.91 Å². The van der Waals surface area contributed by atoms with Crippen LogP contribution in [0.1, 0.15) is 38.7 Å². The van der Waals surface area contributed by atoms with Gasteiger partial charge in [-0.1, -0.05) is 62.4 Å². The molecular weight excluding hydrogens is 270 g/mol. The molecule has 0 aliphatic carbocycles. The molecule has 22 heavy (non-hydrogen) atoms. The van der Waals surface area contributed by atoms with Gasteiger partial charge in [0.05, 0.1) is 0 Å². The van der Waals surface area contributed by atoms with E-state index in [4.69, 9.17) is 0 Å². The summed E-state index contributed by atoms with van der Waals surface area (Å²) in [4.78, 5) is 14.2. The maximum atomic E-state index is 12.2. The number of carbonyl (C=O) groups is 1. The zero-order valence-electron chi connectivity index (χ0n) is 13.7. The fourth-order valence-electron chi connectivity index (χ4n) is 3.11. The standard InChI is InChI=1S/C20H27NO/c1-17-14-18(2)16-21(15-17)20(22)13-9-4-3-6-10-19-11-7-5-8-12-19/h5-13,17-18H,3-4,14-16H2,1-2H3. The molecule has 1 aliphatic rings. The number of piperidine rings is 1. The topological polar surface area (TPSA) is 20.3 Å². The quantitative estimate of drug-likeness (QED) is 0.577. The van der Waals surface area contributed by atoms with E-state index in [1.165, 1.54) is 12.0 Å². The summed E-state index contributed by atoms with van der Waals surface area (Å²) in [7, 11) is 0. The van der Waals surface area contributed by atoms with Crippen LogP contribution < -0.4 is 0 Å². The smallest absolute Gasteiger partial charge is 0.246 e. The van der Waals surface area contributed by atoms with E-state index in [9.17, 15) is 4.79 Å². The zero-order chi connectivity index (χ0) is 15.8. The van der Waals surface area contributed by atoms with E-state index in [1.807, 2.05) is 29.2 Å². The molecule has 0 bridgehead atoms. The van der Waals surface area contributed by atoms with Crippen molar-refractivity contribution in [3.8, 4) is 0 Å². The van der Waals surface area contributed by atoms with Gasteiger partial charge in [-0.3, -0.25) is 4.79 Å². The Kier molecular flexibility index (Phi) is 6.45. The molecular formula is C20H27NO. The van der Waals surface area contributed by atoms with Gasteiger partial charge in [0.1, 0.15) is 0 Å². The van der Waals surface area contributed by atoms with Crippen molar-refractivity contribution in [2.75, 3.05) is 13.1 Å². The number of hydrogen-bond acceptors (Lipinski definition) is 1. The first-order valence-corrected chi connectivity index (χ1v) is 8.32. The average Bonchev–Trinajstić information content (AvgIpc) is 2.50. The van der Waals surface area contributed by atoms with Crippen LogP contribution in [-0.2, 0) is 4.79 Å². The van der Waals surface area contributed by atoms with Crippen molar-refractivity contribution in [1.29, 1.82) is 0 Å². The highest BCUT2D eigenvalue weighted by Crippen LogP contribution is 2.21. The maximum Gasteiger partial charge on any atom is 0.246 e. The first kappa shape index (κ1) is 16.5. The van der Waals surface area contributed by atoms with Crippen molar-refractivity contribution >= 4 is 12.0 Å². The molecule has 0 aromatic heterocycles. The second-order valence-corrected chi connectivity index (χ2v) is 6.48. The van der Waals surface area contributed by atoms with Crippen LogP contribution in [0.3, 0.4) is 0 Å². The summed E-state index contributed by atoms with van der Waals surface area (Å²) in [5.41, 5.74) is 1.22. The first-order valence-electron chi connectivity index (χ1n) is 8.32. The summed E-state index contributed by atoms with van der Waals surface area (Å²) in [6, 6.07) is 10.3. The van der Waals surface area contributed by atoms with Crippen molar-refractivity contribution in [2.45, 2.75) is 33.1 Å². The fourth-order valence-corrected chi connectivity index (χ4v) is 3.11. The minimum absolute atomic E-state index is 0.172. The molecule has 2 heteroatoms. The minimum atomic E-state index is 0.172. The Morgan fingerprint density at radius 2 is 1.73 bits per heavy atom. The second-order valence-electron chi connectivity index (χ2n) is 6.48. The predicted molar refractivity (Wildman–Crippen MR) is 93.4 cm³/mol. The highest BCUT2D eigenvalue weighted by Gasteiger charge is 2.23. The zero-order valence-corrected chi connectivity index (χ0v) is 13.7. The van der Waals surface area contributed by atoms with Gasteiger partial charge >= 0.3 is 0 Å². The lowest BCUT2D eigenvalue weighted by atomic mass is 9.92. The molecule has 0 spiro atoms. The maximum absolute atomic E-state index is 12.2. The molecule has 118 valence electrons. The van der Waals surface area contributed by atoms with Crippen LogP contribution in [0.25, 0.3) is 6.08 Å². The van der Waals surface area contributed by atoms with Gasteiger partial charge in [-0.25, -0.2) is 0 Å². The molecule has 2 rings (SSSR count). The van der Waals surface area contributed by atoms with Gasteiger partial charge in [0, 0.05) is 13.1 Å².